The van der Waals surface area contributed by atoms with Crippen LogP contribution in [-0.2, 0) is 13.1 Å². The summed E-state index contributed by atoms with van der Waals surface area (Å²) in [5.41, 5.74) is 2.47. The molecule has 5 heteroatoms. The number of hydrogen-bond acceptors (Lipinski definition) is 4. The van der Waals surface area contributed by atoms with Crippen LogP contribution in [0.15, 0.2) is 17.8 Å². The van der Waals surface area contributed by atoms with Gasteiger partial charge in [0, 0.05) is 35.4 Å². The van der Waals surface area contributed by atoms with E-state index >= 15 is 0 Å². The molecule has 98 valence electrons. The molecule has 0 bridgehead atoms. The van der Waals surface area contributed by atoms with Crippen LogP contribution in [0.1, 0.15) is 37.0 Å². The van der Waals surface area contributed by atoms with Crippen molar-refractivity contribution in [1.82, 2.24) is 20.1 Å². The van der Waals surface area contributed by atoms with Crippen LogP contribution in [0.2, 0.25) is 0 Å². The van der Waals surface area contributed by atoms with Gasteiger partial charge in [-0.2, -0.15) is 5.10 Å². The Labute approximate surface area is 112 Å². The lowest BCUT2D eigenvalue weighted by molar-refractivity contribution is 0.423. The molecule has 0 saturated heterocycles. The molecule has 0 aliphatic carbocycles. The van der Waals surface area contributed by atoms with Crippen molar-refractivity contribution in [2.24, 2.45) is 0 Å². The highest BCUT2D eigenvalue weighted by Crippen LogP contribution is 2.11. The van der Waals surface area contributed by atoms with Gasteiger partial charge in [-0.25, -0.2) is 4.98 Å². The molecule has 0 spiro atoms. The van der Waals surface area contributed by atoms with Gasteiger partial charge in [-0.1, -0.05) is 0 Å². The molecule has 1 N–H and O–H groups in total. The van der Waals surface area contributed by atoms with E-state index in [1.54, 1.807) is 11.3 Å². The summed E-state index contributed by atoms with van der Waals surface area (Å²) in [4.78, 5) is 4.28. The van der Waals surface area contributed by atoms with Gasteiger partial charge in [0.15, 0.2) is 0 Å². The van der Waals surface area contributed by atoms with Crippen molar-refractivity contribution >= 4 is 11.3 Å². The highest BCUT2D eigenvalue weighted by Gasteiger charge is 2.11. The third kappa shape index (κ3) is 3.65. The predicted molar refractivity (Wildman–Crippen MR) is 74.8 cm³/mol. The maximum absolute atomic E-state index is 4.53. The third-order valence-corrected chi connectivity index (χ3v) is 3.40. The lowest BCUT2D eigenvalue weighted by atomic mass is 10.1. The Morgan fingerprint density at radius 1 is 1.39 bits per heavy atom. The summed E-state index contributed by atoms with van der Waals surface area (Å²) in [6, 6.07) is 0. The number of nitrogens with zero attached hydrogens (tertiary/aromatic N) is 3. The lowest BCUT2D eigenvalue weighted by Crippen LogP contribution is -2.35. The molecule has 0 aromatic carbocycles. The van der Waals surface area contributed by atoms with E-state index in [0.29, 0.717) is 0 Å². The zero-order chi connectivity index (χ0) is 13.2. The predicted octanol–water partition coefficient (Wildman–Crippen LogP) is 2.58. The molecule has 0 aliphatic heterocycles. The van der Waals surface area contributed by atoms with Crippen LogP contribution >= 0.6 is 11.3 Å². The van der Waals surface area contributed by atoms with Crippen LogP contribution in [-0.4, -0.2) is 20.3 Å². The third-order valence-electron chi connectivity index (χ3n) is 2.64. The molecule has 0 radical (unpaired) electrons. The van der Waals surface area contributed by atoms with E-state index in [2.05, 4.69) is 49.3 Å². The normalized spacial score (nSPS) is 12.0. The van der Waals surface area contributed by atoms with E-state index in [9.17, 15) is 0 Å². The van der Waals surface area contributed by atoms with Gasteiger partial charge in [0.2, 0.25) is 0 Å². The monoisotopic (exact) mass is 264 g/mol. The standard InChI is InChI=1S/C13H20N4S/c1-10-11(7-15-13(2,3)4)8-17(16-10)9-12-14-5-6-18-12/h5-6,8,15H,7,9H2,1-4H3. The zero-order valence-electron chi connectivity index (χ0n) is 11.4. The second kappa shape index (κ2) is 5.20. The number of aryl methyl sites for hydroxylation is 1. The number of rotatable bonds is 4. The Bertz CT molecular complexity index is 494. The molecule has 0 amide bonds. The summed E-state index contributed by atoms with van der Waals surface area (Å²) in [5, 5.41) is 11.1. The highest BCUT2D eigenvalue weighted by atomic mass is 32.1. The van der Waals surface area contributed by atoms with Crippen LogP contribution in [0.5, 0.6) is 0 Å². The second-order valence-electron chi connectivity index (χ2n) is 5.47. The lowest BCUT2D eigenvalue weighted by Gasteiger charge is -2.20. The molecule has 0 aliphatic rings. The van der Waals surface area contributed by atoms with Gasteiger partial charge in [0.1, 0.15) is 5.01 Å². The Balaban J connectivity index is 2.03. The molecule has 0 fully saturated rings. The maximum atomic E-state index is 4.53. The van der Waals surface area contributed by atoms with Crippen molar-refractivity contribution in [3.8, 4) is 0 Å². The van der Waals surface area contributed by atoms with Crippen LogP contribution in [0, 0.1) is 6.92 Å². The summed E-state index contributed by atoms with van der Waals surface area (Å²) < 4.78 is 1.97. The van der Waals surface area contributed by atoms with E-state index in [4.69, 9.17) is 0 Å². The first kappa shape index (κ1) is 13.2. The fourth-order valence-corrected chi connectivity index (χ4v) is 2.25. The molecule has 2 aromatic rings. The van der Waals surface area contributed by atoms with Gasteiger partial charge in [0.25, 0.3) is 0 Å². The van der Waals surface area contributed by atoms with Crippen molar-refractivity contribution in [2.75, 3.05) is 0 Å². The molecular weight excluding hydrogens is 244 g/mol. The Morgan fingerprint density at radius 3 is 2.78 bits per heavy atom. The zero-order valence-corrected chi connectivity index (χ0v) is 12.2. The minimum Gasteiger partial charge on any atom is -0.308 e. The van der Waals surface area contributed by atoms with Crippen LogP contribution in [0.4, 0.5) is 0 Å². The van der Waals surface area contributed by atoms with E-state index < -0.39 is 0 Å². The molecule has 0 atom stereocenters. The number of thiazole rings is 1. The topological polar surface area (TPSA) is 42.7 Å². The number of hydrogen-bond donors (Lipinski definition) is 1. The van der Waals surface area contributed by atoms with Gasteiger partial charge >= 0.3 is 0 Å². The van der Waals surface area contributed by atoms with Gasteiger partial charge in [-0.3, -0.25) is 4.68 Å². The first-order valence-electron chi connectivity index (χ1n) is 6.10. The molecule has 0 unspecified atom stereocenters. The van der Waals surface area contributed by atoms with Crippen molar-refractivity contribution < 1.29 is 0 Å². The minimum atomic E-state index is 0.129. The van der Waals surface area contributed by atoms with Crippen molar-refractivity contribution in [3.05, 3.63) is 34.0 Å². The molecule has 2 heterocycles. The first-order valence-corrected chi connectivity index (χ1v) is 6.98. The number of aromatic nitrogens is 3. The van der Waals surface area contributed by atoms with Gasteiger partial charge in [-0.05, 0) is 27.7 Å². The fourth-order valence-electron chi connectivity index (χ4n) is 1.64. The SMILES string of the molecule is Cc1nn(Cc2nccs2)cc1CNC(C)(C)C. The maximum Gasteiger partial charge on any atom is 0.114 e. The summed E-state index contributed by atoms with van der Waals surface area (Å²) in [5.74, 6) is 0. The number of nitrogens with one attached hydrogen (secondary N) is 1. The summed E-state index contributed by atoms with van der Waals surface area (Å²) in [7, 11) is 0. The largest absolute Gasteiger partial charge is 0.308 e. The molecule has 2 aromatic heterocycles. The smallest absolute Gasteiger partial charge is 0.114 e. The van der Waals surface area contributed by atoms with Crippen LogP contribution in [0.3, 0.4) is 0 Å². The molecule has 4 nitrogen and oxygen atoms in total. The van der Waals surface area contributed by atoms with Crippen molar-refractivity contribution in [1.29, 1.82) is 0 Å². The second-order valence-corrected chi connectivity index (χ2v) is 6.45. The van der Waals surface area contributed by atoms with Gasteiger partial charge < -0.3 is 5.32 Å². The van der Waals surface area contributed by atoms with Crippen LogP contribution in [0.25, 0.3) is 0 Å². The fraction of sp³-hybridized carbons (Fsp3) is 0.538. The van der Waals surface area contributed by atoms with Crippen molar-refractivity contribution in [2.45, 2.75) is 46.3 Å². The Hall–Kier alpha value is -1.20. The van der Waals surface area contributed by atoms with Gasteiger partial charge in [0.05, 0.1) is 12.2 Å². The molecule has 2 rings (SSSR count). The summed E-state index contributed by atoms with van der Waals surface area (Å²) in [6.07, 6.45) is 3.94. The van der Waals surface area contributed by atoms with Gasteiger partial charge in [-0.15, -0.1) is 11.3 Å². The molecular formula is C13H20N4S. The Kier molecular flexibility index (Phi) is 3.82. The van der Waals surface area contributed by atoms with Crippen LogP contribution < -0.4 is 5.32 Å². The summed E-state index contributed by atoms with van der Waals surface area (Å²) in [6.45, 7) is 10.2. The first-order chi connectivity index (χ1) is 8.44. The van der Waals surface area contributed by atoms with E-state index in [0.717, 1.165) is 23.8 Å². The average Bonchev–Trinajstić information content (AvgIpc) is 2.85. The molecule has 0 saturated carbocycles. The van der Waals surface area contributed by atoms with E-state index in [-0.39, 0.29) is 5.54 Å². The van der Waals surface area contributed by atoms with E-state index in [1.165, 1.54) is 5.56 Å². The minimum absolute atomic E-state index is 0.129. The highest BCUT2D eigenvalue weighted by molar-refractivity contribution is 7.09. The Morgan fingerprint density at radius 2 is 2.17 bits per heavy atom. The molecule has 18 heavy (non-hydrogen) atoms. The average molecular weight is 264 g/mol. The quantitative estimate of drug-likeness (QED) is 0.923. The summed E-state index contributed by atoms with van der Waals surface area (Å²) >= 11 is 1.66. The van der Waals surface area contributed by atoms with Crippen molar-refractivity contribution in [3.63, 3.8) is 0 Å². The van der Waals surface area contributed by atoms with E-state index in [1.807, 2.05) is 16.3 Å².